The topological polar surface area (TPSA) is 72.8 Å². The second kappa shape index (κ2) is 21.1. The number of carbonyl (C=O) groups excluding carboxylic acids is 2. The van der Waals surface area contributed by atoms with Gasteiger partial charge < -0.3 is 14.6 Å². The molecule has 0 amide bonds. The summed E-state index contributed by atoms with van der Waals surface area (Å²) < 4.78 is 10.4. The molecule has 0 fully saturated rings. The fraction of sp³-hybridized carbons (Fsp3) is 0.920. The van der Waals surface area contributed by atoms with Gasteiger partial charge >= 0.3 is 11.9 Å². The number of ether oxygens (including phenoxy) is 2. The Morgan fingerprint density at radius 2 is 1.23 bits per heavy atom. The Kier molecular flexibility index (Phi) is 20.4. The minimum Gasteiger partial charge on any atom is -0.462 e. The van der Waals surface area contributed by atoms with E-state index in [0.717, 1.165) is 44.4 Å². The fourth-order valence-corrected chi connectivity index (χ4v) is 3.38. The first-order valence-electron chi connectivity index (χ1n) is 12.5. The van der Waals surface area contributed by atoms with Gasteiger partial charge in [0.05, 0.1) is 6.61 Å². The van der Waals surface area contributed by atoms with Gasteiger partial charge in [0.25, 0.3) is 0 Å². The van der Waals surface area contributed by atoms with Crippen molar-refractivity contribution in [3.63, 3.8) is 0 Å². The van der Waals surface area contributed by atoms with E-state index >= 15 is 0 Å². The van der Waals surface area contributed by atoms with Crippen molar-refractivity contribution in [3.05, 3.63) is 0 Å². The van der Waals surface area contributed by atoms with Crippen molar-refractivity contribution in [2.75, 3.05) is 13.2 Å². The number of aliphatic hydroxyl groups excluding tert-OH is 1. The quantitative estimate of drug-likeness (QED) is 0.170. The summed E-state index contributed by atoms with van der Waals surface area (Å²) in [6, 6.07) is 0. The highest BCUT2D eigenvalue weighted by atomic mass is 16.6. The summed E-state index contributed by atoms with van der Waals surface area (Å²) in [7, 11) is 0. The van der Waals surface area contributed by atoms with Gasteiger partial charge in [-0.1, -0.05) is 97.8 Å². The number of hydrogen-bond acceptors (Lipinski definition) is 5. The van der Waals surface area contributed by atoms with Crippen LogP contribution in [0, 0.1) is 5.92 Å². The molecular weight excluding hydrogens is 380 g/mol. The number of aliphatic hydroxyl groups is 1. The van der Waals surface area contributed by atoms with Gasteiger partial charge in [-0.2, -0.15) is 0 Å². The van der Waals surface area contributed by atoms with Crippen LogP contribution in [0.1, 0.15) is 124 Å². The Labute approximate surface area is 185 Å². The van der Waals surface area contributed by atoms with Crippen LogP contribution in [0.15, 0.2) is 0 Å². The summed E-state index contributed by atoms with van der Waals surface area (Å²) in [6.07, 6.45) is 16.0. The van der Waals surface area contributed by atoms with E-state index < -0.39 is 6.10 Å². The van der Waals surface area contributed by atoms with Crippen LogP contribution in [-0.4, -0.2) is 36.4 Å². The largest absolute Gasteiger partial charge is 0.462 e. The van der Waals surface area contributed by atoms with Crippen LogP contribution in [-0.2, 0) is 19.1 Å². The lowest BCUT2D eigenvalue weighted by Crippen LogP contribution is -2.28. The standard InChI is InChI=1S/C25H48O5/c1-4-5-6-7-8-13-16-19-25(28)30-23(20-26)21-29-24(27)18-15-12-10-9-11-14-17-22(2)3/h22-23,26H,4-21H2,1-3H3/t23-/m0/s1. The molecule has 0 saturated heterocycles. The van der Waals surface area contributed by atoms with E-state index in [1.807, 2.05) is 0 Å². The third-order valence-corrected chi connectivity index (χ3v) is 5.33. The highest BCUT2D eigenvalue weighted by Gasteiger charge is 2.16. The van der Waals surface area contributed by atoms with Crippen LogP contribution in [0.2, 0.25) is 0 Å². The second-order valence-corrected chi connectivity index (χ2v) is 8.90. The van der Waals surface area contributed by atoms with Gasteiger partial charge in [0.2, 0.25) is 0 Å². The Morgan fingerprint density at radius 3 is 1.77 bits per heavy atom. The first kappa shape index (κ1) is 28.9. The molecule has 5 nitrogen and oxygen atoms in total. The molecule has 0 radical (unpaired) electrons. The lowest BCUT2D eigenvalue weighted by Gasteiger charge is -2.15. The van der Waals surface area contributed by atoms with E-state index in [1.165, 1.54) is 51.4 Å². The molecule has 0 aliphatic heterocycles. The number of rotatable bonds is 21. The SMILES string of the molecule is CCCCCCCCCC(=O)O[C@@H](CO)COC(=O)CCCCCCCCC(C)C. The smallest absolute Gasteiger partial charge is 0.306 e. The van der Waals surface area contributed by atoms with Gasteiger partial charge in [0.1, 0.15) is 6.61 Å². The summed E-state index contributed by atoms with van der Waals surface area (Å²) in [6.45, 7) is 6.32. The van der Waals surface area contributed by atoms with Crippen molar-refractivity contribution < 1.29 is 24.2 Å². The van der Waals surface area contributed by atoms with E-state index in [-0.39, 0.29) is 25.2 Å². The zero-order valence-electron chi connectivity index (χ0n) is 20.0. The van der Waals surface area contributed by atoms with Crippen LogP contribution < -0.4 is 0 Å². The number of carbonyl (C=O) groups is 2. The molecule has 0 bridgehead atoms. The number of unbranched alkanes of at least 4 members (excludes halogenated alkanes) is 11. The van der Waals surface area contributed by atoms with E-state index in [1.54, 1.807) is 0 Å². The second-order valence-electron chi connectivity index (χ2n) is 8.90. The zero-order valence-corrected chi connectivity index (χ0v) is 20.0. The van der Waals surface area contributed by atoms with Crippen LogP contribution in [0.4, 0.5) is 0 Å². The van der Waals surface area contributed by atoms with Gasteiger partial charge in [-0.05, 0) is 18.8 Å². The first-order valence-corrected chi connectivity index (χ1v) is 12.5. The molecule has 178 valence electrons. The molecule has 1 N–H and O–H groups in total. The monoisotopic (exact) mass is 428 g/mol. The molecule has 0 rings (SSSR count). The molecule has 0 aliphatic carbocycles. The molecule has 0 aromatic carbocycles. The van der Waals surface area contributed by atoms with E-state index in [4.69, 9.17) is 9.47 Å². The van der Waals surface area contributed by atoms with E-state index in [9.17, 15) is 14.7 Å². The Hall–Kier alpha value is -1.10. The Bertz CT molecular complexity index is 408. The van der Waals surface area contributed by atoms with Crippen molar-refractivity contribution in [1.82, 2.24) is 0 Å². The molecule has 0 aromatic rings. The van der Waals surface area contributed by atoms with E-state index in [0.29, 0.717) is 12.8 Å². The van der Waals surface area contributed by atoms with Gasteiger partial charge in [-0.25, -0.2) is 0 Å². The normalized spacial score (nSPS) is 12.2. The first-order chi connectivity index (χ1) is 14.5. The van der Waals surface area contributed by atoms with Gasteiger partial charge in [-0.3, -0.25) is 9.59 Å². The predicted octanol–water partition coefficient (Wildman–Crippen LogP) is 6.35. The average molecular weight is 429 g/mol. The molecule has 0 unspecified atom stereocenters. The number of hydrogen-bond donors (Lipinski definition) is 1. The van der Waals surface area contributed by atoms with Crippen molar-refractivity contribution in [2.45, 2.75) is 130 Å². The average Bonchev–Trinajstić information content (AvgIpc) is 2.72. The number of esters is 2. The van der Waals surface area contributed by atoms with Crippen molar-refractivity contribution in [2.24, 2.45) is 5.92 Å². The molecular formula is C25H48O5. The van der Waals surface area contributed by atoms with Crippen molar-refractivity contribution in [1.29, 1.82) is 0 Å². The summed E-state index contributed by atoms with van der Waals surface area (Å²) in [4.78, 5) is 23.7. The third-order valence-electron chi connectivity index (χ3n) is 5.33. The maximum absolute atomic E-state index is 11.9. The lowest BCUT2D eigenvalue weighted by molar-refractivity contribution is -0.161. The van der Waals surface area contributed by atoms with Crippen molar-refractivity contribution >= 4 is 11.9 Å². The molecule has 0 saturated carbocycles. The maximum Gasteiger partial charge on any atom is 0.306 e. The highest BCUT2D eigenvalue weighted by molar-refractivity contribution is 5.70. The predicted molar refractivity (Wildman–Crippen MR) is 122 cm³/mol. The summed E-state index contributed by atoms with van der Waals surface area (Å²) >= 11 is 0. The highest BCUT2D eigenvalue weighted by Crippen LogP contribution is 2.13. The molecule has 30 heavy (non-hydrogen) atoms. The third kappa shape index (κ3) is 20.2. The van der Waals surface area contributed by atoms with Gasteiger partial charge in [0.15, 0.2) is 6.10 Å². The summed E-state index contributed by atoms with van der Waals surface area (Å²) in [5.41, 5.74) is 0. The lowest BCUT2D eigenvalue weighted by atomic mass is 10.0. The van der Waals surface area contributed by atoms with Gasteiger partial charge in [0, 0.05) is 12.8 Å². The molecule has 0 spiro atoms. The molecule has 0 aliphatic rings. The van der Waals surface area contributed by atoms with Gasteiger partial charge in [-0.15, -0.1) is 0 Å². The summed E-state index contributed by atoms with van der Waals surface area (Å²) in [5, 5.41) is 9.36. The fourth-order valence-electron chi connectivity index (χ4n) is 3.38. The minimum absolute atomic E-state index is 0.0622. The van der Waals surface area contributed by atoms with Crippen LogP contribution in [0.5, 0.6) is 0 Å². The van der Waals surface area contributed by atoms with Crippen molar-refractivity contribution in [3.8, 4) is 0 Å². The van der Waals surface area contributed by atoms with E-state index in [2.05, 4.69) is 20.8 Å². The Balaban J connectivity index is 3.65. The summed E-state index contributed by atoms with van der Waals surface area (Å²) in [5.74, 6) is 0.176. The minimum atomic E-state index is -0.757. The maximum atomic E-state index is 11.9. The van der Waals surface area contributed by atoms with Crippen LogP contribution in [0.3, 0.4) is 0 Å². The molecule has 0 aromatic heterocycles. The Morgan fingerprint density at radius 1 is 0.733 bits per heavy atom. The van der Waals surface area contributed by atoms with Crippen LogP contribution >= 0.6 is 0 Å². The molecule has 5 heteroatoms. The molecule has 1 atom stereocenters. The zero-order chi connectivity index (χ0) is 22.5. The van der Waals surface area contributed by atoms with Crippen LogP contribution in [0.25, 0.3) is 0 Å². The molecule has 0 heterocycles.